The van der Waals surface area contributed by atoms with Crippen LogP contribution in [0, 0.1) is 0 Å². The van der Waals surface area contributed by atoms with E-state index < -0.39 is 0 Å². The molecule has 152 valence electrons. The first-order chi connectivity index (χ1) is 14.0. The van der Waals surface area contributed by atoms with Gasteiger partial charge in [-0.2, -0.15) is 0 Å². The zero-order valence-corrected chi connectivity index (χ0v) is 17.6. The van der Waals surface area contributed by atoms with Crippen LogP contribution in [0.1, 0.15) is 56.6 Å². The van der Waals surface area contributed by atoms with Crippen molar-refractivity contribution in [3.63, 3.8) is 0 Å². The van der Waals surface area contributed by atoms with Crippen LogP contribution in [-0.4, -0.2) is 18.4 Å². The van der Waals surface area contributed by atoms with Gasteiger partial charge in [-0.1, -0.05) is 43.0 Å². The molecule has 1 heterocycles. The van der Waals surface area contributed by atoms with Gasteiger partial charge < -0.3 is 10.2 Å². The summed E-state index contributed by atoms with van der Waals surface area (Å²) in [5.41, 5.74) is 4.15. The fourth-order valence-corrected chi connectivity index (χ4v) is 5.07. The molecule has 2 amide bonds. The Morgan fingerprint density at radius 2 is 1.90 bits per heavy atom. The molecule has 0 saturated heterocycles. The number of amides is 2. The lowest BCUT2D eigenvalue weighted by atomic mass is 9.70. The third kappa shape index (κ3) is 4.18. The van der Waals surface area contributed by atoms with Gasteiger partial charge in [0.15, 0.2) is 0 Å². The summed E-state index contributed by atoms with van der Waals surface area (Å²) in [6.07, 6.45) is 6.92. The monoisotopic (exact) mass is 410 g/mol. The Kier molecular flexibility index (Phi) is 5.64. The highest BCUT2D eigenvalue weighted by Crippen LogP contribution is 2.50. The molecule has 2 aromatic carbocycles. The molecule has 1 spiro atoms. The van der Waals surface area contributed by atoms with Crippen LogP contribution < -0.4 is 10.2 Å². The van der Waals surface area contributed by atoms with Crippen molar-refractivity contribution in [2.75, 3.05) is 16.8 Å². The highest BCUT2D eigenvalue weighted by Gasteiger charge is 2.44. The molecule has 1 saturated carbocycles. The number of carbonyl (C=O) groups is 2. The molecular formula is C24H27ClN2O2. The van der Waals surface area contributed by atoms with Crippen LogP contribution in [0.4, 0.5) is 11.4 Å². The summed E-state index contributed by atoms with van der Waals surface area (Å²) in [4.78, 5) is 26.6. The highest BCUT2D eigenvalue weighted by atomic mass is 35.5. The molecule has 0 atom stereocenters. The number of hydrogen-bond donors (Lipinski definition) is 1. The van der Waals surface area contributed by atoms with Crippen molar-refractivity contribution in [2.45, 2.75) is 57.3 Å². The third-order valence-corrected chi connectivity index (χ3v) is 6.56. The van der Waals surface area contributed by atoms with E-state index in [1.165, 1.54) is 24.8 Å². The van der Waals surface area contributed by atoms with Crippen molar-refractivity contribution in [1.82, 2.24) is 0 Å². The number of aryl methyl sites for hydroxylation is 1. The van der Waals surface area contributed by atoms with Crippen LogP contribution in [0.25, 0.3) is 0 Å². The van der Waals surface area contributed by atoms with Gasteiger partial charge in [0.25, 0.3) is 0 Å². The first-order valence-corrected chi connectivity index (χ1v) is 10.8. The lowest BCUT2D eigenvalue weighted by Gasteiger charge is -2.34. The average Bonchev–Trinajstić information content (AvgIpc) is 3.01. The molecule has 4 rings (SSSR count). The molecule has 1 aliphatic heterocycles. The topological polar surface area (TPSA) is 49.4 Å². The Hall–Kier alpha value is -2.33. The smallest absolute Gasteiger partial charge is 0.224 e. The second kappa shape index (κ2) is 8.19. The number of rotatable bonds is 4. The van der Waals surface area contributed by atoms with Crippen molar-refractivity contribution in [1.29, 1.82) is 0 Å². The van der Waals surface area contributed by atoms with Crippen LogP contribution in [-0.2, 0) is 21.4 Å². The minimum Gasteiger partial charge on any atom is -0.326 e. The summed E-state index contributed by atoms with van der Waals surface area (Å²) in [7, 11) is 0. The molecule has 5 heteroatoms. The number of carbonyl (C=O) groups excluding carboxylic acids is 2. The number of halogens is 1. The summed E-state index contributed by atoms with van der Waals surface area (Å²) < 4.78 is 0. The van der Waals surface area contributed by atoms with Gasteiger partial charge in [-0.15, -0.1) is 0 Å². The van der Waals surface area contributed by atoms with Crippen LogP contribution >= 0.6 is 11.6 Å². The van der Waals surface area contributed by atoms with Crippen molar-refractivity contribution >= 4 is 34.8 Å². The van der Waals surface area contributed by atoms with E-state index in [0.717, 1.165) is 36.3 Å². The summed E-state index contributed by atoms with van der Waals surface area (Å²) in [6.45, 7) is 2.40. The Morgan fingerprint density at radius 1 is 1.10 bits per heavy atom. The van der Waals surface area contributed by atoms with Crippen molar-refractivity contribution in [3.8, 4) is 0 Å². The number of anilines is 2. The Labute approximate surface area is 177 Å². The van der Waals surface area contributed by atoms with Crippen molar-refractivity contribution in [2.24, 2.45) is 0 Å². The first kappa shape index (κ1) is 20.0. The largest absolute Gasteiger partial charge is 0.326 e. The van der Waals surface area contributed by atoms with E-state index in [1.54, 1.807) is 6.92 Å². The van der Waals surface area contributed by atoms with E-state index in [-0.39, 0.29) is 17.2 Å². The molecule has 2 aliphatic rings. The van der Waals surface area contributed by atoms with Crippen molar-refractivity contribution in [3.05, 3.63) is 58.6 Å². The molecule has 2 aromatic rings. The summed E-state index contributed by atoms with van der Waals surface area (Å²) in [5, 5.41) is 3.74. The Bertz CT molecular complexity index is 934. The molecule has 4 nitrogen and oxygen atoms in total. The van der Waals surface area contributed by atoms with Crippen LogP contribution in [0.5, 0.6) is 0 Å². The van der Waals surface area contributed by atoms with Crippen LogP contribution in [0.3, 0.4) is 0 Å². The minimum absolute atomic E-state index is 0.0101. The maximum absolute atomic E-state index is 12.5. The van der Waals surface area contributed by atoms with E-state index in [0.29, 0.717) is 17.9 Å². The highest BCUT2D eigenvalue weighted by molar-refractivity contribution is 6.30. The summed E-state index contributed by atoms with van der Waals surface area (Å²) in [5.74, 6) is 0.0797. The average molecular weight is 411 g/mol. The Balaban J connectivity index is 1.50. The Morgan fingerprint density at radius 3 is 2.62 bits per heavy atom. The molecule has 1 fully saturated rings. The minimum atomic E-state index is -0.0101. The number of fused-ring (bicyclic) bond motifs is 2. The summed E-state index contributed by atoms with van der Waals surface area (Å²) in [6, 6.07) is 13.6. The van der Waals surface area contributed by atoms with Gasteiger partial charge in [-0.05, 0) is 60.7 Å². The molecule has 0 unspecified atom stereocenters. The number of nitrogens with zero attached hydrogens (tertiary/aromatic N) is 1. The zero-order chi connectivity index (χ0) is 20.4. The van der Waals surface area contributed by atoms with E-state index in [4.69, 9.17) is 11.6 Å². The maximum atomic E-state index is 12.5. The van der Waals surface area contributed by atoms with Gasteiger partial charge in [0, 0.05) is 41.7 Å². The normalized spacial score (nSPS) is 17.2. The van der Waals surface area contributed by atoms with E-state index in [1.807, 2.05) is 41.3 Å². The molecule has 0 radical (unpaired) electrons. The lowest BCUT2D eigenvalue weighted by Crippen LogP contribution is -2.37. The molecule has 29 heavy (non-hydrogen) atoms. The van der Waals surface area contributed by atoms with E-state index in [9.17, 15) is 9.59 Å². The van der Waals surface area contributed by atoms with Crippen molar-refractivity contribution < 1.29 is 9.59 Å². The first-order valence-electron chi connectivity index (χ1n) is 10.4. The van der Waals surface area contributed by atoms with Gasteiger partial charge in [-0.25, -0.2) is 0 Å². The molecule has 1 aliphatic carbocycles. The fourth-order valence-electron chi connectivity index (χ4n) is 4.86. The van der Waals surface area contributed by atoms with Gasteiger partial charge in [0.2, 0.25) is 11.8 Å². The number of benzene rings is 2. The predicted octanol–water partition coefficient (Wildman–Crippen LogP) is 5.48. The van der Waals surface area contributed by atoms with Gasteiger partial charge >= 0.3 is 0 Å². The SMILES string of the molecule is CC(=O)N1CC2(CCCCC2)c2cc(NC(=O)CCc3cccc(Cl)c3)ccc21. The quantitative estimate of drug-likeness (QED) is 0.725. The summed E-state index contributed by atoms with van der Waals surface area (Å²) >= 11 is 6.02. The predicted molar refractivity (Wildman–Crippen MR) is 118 cm³/mol. The van der Waals surface area contributed by atoms with Gasteiger partial charge in [0.1, 0.15) is 0 Å². The zero-order valence-electron chi connectivity index (χ0n) is 16.8. The molecule has 0 bridgehead atoms. The second-order valence-electron chi connectivity index (χ2n) is 8.36. The molecule has 1 N–H and O–H groups in total. The third-order valence-electron chi connectivity index (χ3n) is 6.32. The maximum Gasteiger partial charge on any atom is 0.224 e. The lowest BCUT2D eigenvalue weighted by molar-refractivity contribution is -0.117. The molecule has 0 aromatic heterocycles. The van der Waals surface area contributed by atoms with Crippen LogP contribution in [0.2, 0.25) is 5.02 Å². The fraction of sp³-hybridized carbons (Fsp3) is 0.417. The van der Waals surface area contributed by atoms with Gasteiger partial charge in [-0.3, -0.25) is 9.59 Å². The number of nitrogens with one attached hydrogen (secondary N) is 1. The molecular weight excluding hydrogens is 384 g/mol. The van der Waals surface area contributed by atoms with Gasteiger partial charge in [0.05, 0.1) is 0 Å². The van der Waals surface area contributed by atoms with E-state index >= 15 is 0 Å². The standard InChI is InChI=1S/C24H27ClN2O2/c1-17(28)27-16-24(12-3-2-4-13-24)21-15-20(9-10-22(21)27)26-23(29)11-8-18-6-5-7-19(25)14-18/h5-7,9-10,14-15H,2-4,8,11-13,16H2,1H3,(H,26,29). The number of hydrogen-bond acceptors (Lipinski definition) is 2. The van der Waals surface area contributed by atoms with Crippen LogP contribution in [0.15, 0.2) is 42.5 Å². The second-order valence-corrected chi connectivity index (χ2v) is 8.79. The van der Waals surface area contributed by atoms with E-state index in [2.05, 4.69) is 11.4 Å².